The van der Waals surface area contributed by atoms with Crippen LogP contribution < -0.4 is 26.8 Å². The summed E-state index contributed by atoms with van der Waals surface area (Å²) >= 11 is 0. The predicted octanol–water partition coefficient (Wildman–Crippen LogP) is 4.41. The summed E-state index contributed by atoms with van der Waals surface area (Å²) in [4.78, 5) is 12.2. The molecule has 0 saturated carbocycles. The van der Waals surface area contributed by atoms with E-state index in [1.54, 1.807) is 24.3 Å². The third kappa shape index (κ3) is 10.9. The number of nitrogens with one attached hydrogen (secondary N) is 2. The summed E-state index contributed by atoms with van der Waals surface area (Å²) in [7, 11) is -3.52. The van der Waals surface area contributed by atoms with Crippen LogP contribution in [-0.2, 0) is 4.12 Å². The molecule has 2 rings (SSSR count). The molecule has 0 spiro atoms. The number of hydrogen-bond donors (Lipinski definition) is 4. The van der Waals surface area contributed by atoms with Crippen molar-refractivity contribution in [2.75, 3.05) is 31.3 Å². The number of amides is 1. The molecule has 0 saturated heterocycles. The van der Waals surface area contributed by atoms with E-state index in [4.69, 9.17) is 20.3 Å². The topological polar surface area (TPSA) is 112 Å². The first-order valence-electron chi connectivity index (χ1n) is 11.6. The maximum absolute atomic E-state index is 12.2. The van der Waals surface area contributed by atoms with Gasteiger partial charge in [0, 0.05) is 23.5 Å². The second-order valence-corrected chi connectivity index (χ2v) is 18.4. The molecule has 0 aliphatic heterocycles. The molecular weight excluding hydrogens is 448 g/mol. The molecule has 0 unspecified atom stereocenters. The van der Waals surface area contributed by atoms with Gasteiger partial charge in [-0.25, -0.2) is 0 Å². The van der Waals surface area contributed by atoms with Gasteiger partial charge in [0.05, 0.1) is 0 Å². The first-order valence-corrected chi connectivity index (χ1v) is 17.8. The molecule has 0 fully saturated rings. The maximum atomic E-state index is 12.2. The Balaban J connectivity index is 1.59. The molecule has 2 aromatic carbocycles. The van der Waals surface area contributed by atoms with E-state index in [0.29, 0.717) is 24.5 Å². The summed E-state index contributed by atoms with van der Waals surface area (Å²) in [5.41, 5.74) is 13.4. The van der Waals surface area contributed by atoms with Crippen molar-refractivity contribution in [2.45, 2.75) is 51.1 Å². The molecule has 2 aromatic rings. The van der Waals surface area contributed by atoms with Gasteiger partial charge in [0.25, 0.3) is 5.91 Å². The number of hydrogen-bond acceptors (Lipinski definition) is 6. The highest BCUT2D eigenvalue weighted by Crippen LogP contribution is 2.23. The highest BCUT2D eigenvalue weighted by molar-refractivity contribution is 6.84. The lowest BCUT2D eigenvalue weighted by Gasteiger charge is -2.34. The Bertz CT molecular complexity index is 859. The number of anilines is 2. The SMILES string of the molecule is C[Si](C)(CCCNCOc1ccc(N)cc1)O[Si](C)(C)CCCNC(=O)c1ccc(N)cc1. The Hall–Kier alpha value is -2.34. The molecule has 0 bridgehead atoms. The summed E-state index contributed by atoms with van der Waals surface area (Å²) in [6.07, 6.45) is 1.99. The number of carbonyl (C=O) groups is 1. The molecule has 182 valence electrons. The molecule has 0 heterocycles. The van der Waals surface area contributed by atoms with Crippen LogP contribution in [0.2, 0.25) is 38.3 Å². The molecule has 0 radical (unpaired) electrons. The number of nitrogen functional groups attached to an aromatic ring is 2. The van der Waals surface area contributed by atoms with Crippen molar-refractivity contribution in [3.05, 3.63) is 54.1 Å². The highest BCUT2D eigenvalue weighted by atomic mass is 28.4. The fourth-order valence-corrected chi connectivity index (χ4v) is 12.6. The van der Waals surface area contributed by atoms with Crippen LogP contribution in [0, 0.1) is 0 Å². The van der Waals surface area contributed by atoms with Gasteiger partial charge in [0.1, 0.15) is 12.5 Å². The summed E-state index contributed by atoms with van der Waals surface area (Å²) in [6.45, 7) is 11.2. The Morgan fingerprint density at radius 1 is 0.818 bits per heavy atom. The van der Waals surface area contributed by atoms with Crippen molar-refractivity contribution in [3.63, 3.8) is 0 Å². The van der Waals surface area contributed by atoms with Gasteiger partial charge >= 0.3 is 0 Å². The van der Waals surface area contributed by atoms with Gasteiger partial charge in [-0.15, -0.1) is 0 Å². The van der Waals surface area contributed by atoms with E-state index in [2.05, 4.69) is 36.8 Å². The van der Waals surface area contributed by atoms with Crippen molar-refractivity contribution in [1.29, 1.82) is 0 Å². The Morgan fingerprint density at radius 2 is 1.33 bits per heavy atom. The molecule has 0 aliphatic rings. The number of rotatable bonds is 14. The molecule has 0 aliphatic carbocycles. The fourth-order valence-electron chi connectivity index (χ4n) is 3.71. The number of nitrogens with two attached hydrogens (primary N) is 2. The van der Waals surface area contributed by atoms with Crippen LogP contribution in [0.3, 0.4) is 0 Å². The highest BCUT2D eigenvalue weighted by Gasteiger charge is 2.32. The second kappa shape index (κ2) is 12.8. The Morgan fingerprint density at radius 3 is 1.91 bits per heavy atom. The van der Waals surface area contributed by atoms with Gasteiger partial charge < -0.3 is 25.6 Å². The normalized spacial score (nSPS) is 11.9. The molecule has 6 N–H and O–H groups in total. The molecule has 7 nitrogen and oxygen atoms in total. The first-order chi connectivity index (χ1) is 15.6. The van der Waals surface area contributed by atoms with Crippen LogP contribution in [0.1, 0.15) is 23.2 Å². The molecule has 9 heteroatoms. The van der Waals surface area contributed by atoms with E-state index < -0.39 is 16.6 Å². The van der Waals surface area contributed by atoms with Crippen LogP contribution in [0.25, 0.3) is 0 Å². The van der Waals surface area contributed by atoms with Crippen molar-refractivity contribution < 1.29 is 13.6 Å². The van der Waals surface area contributed by atoms with Crippen LogP contribution in [0.15, 0.2) is 48.5 Å². The summed E-state index contributed by atoms with van der Waals surface area (Å²) in [5, 5.41) is 6.32. The number of benzene rings is 2. The summed E-state index contributed by atoms with van der Waals surface area (Å²) in [6, 6.07) is 16.5. The maximum Gasteiger partial charge on any atom is 0.251 e. The largest absolute Gasteiger partial charge is 0.478 e. The minimum Gasteiger partial charge on any atom is -0.478 e. The summed E-state index contributed by atoms with van der Waals surface area (Å²) < 4.78 is 12.4. The van der Waals surface area contributed by atoms with Crippen molar-refractivity contribution in [3.8, 4) is 5.75 Å². The monoisotopic (exact) mass is 488 g/mol. The average molecular weight is 489 g/mol. The quantitative estimate of drug-likeness (QED) is 0.136. The third-order valence-electron chi connectivity index (χ3n) is 5.32. The Labute approximate surface area is 200 Å². The number of ether oxygens (including phenoxy) is 1. The Kier molecular flexibility index (Phi) is 10.4. The van der Waals surface area contributed by atoms with Gasteiger partial charge in [-0.05, 0) is 106 Å². The number of carbonyl (C=O) groups excluding carboxylic acids is 1. The van der Waals surface area contributed by atoms with Crippen molar-refractivity contribution >= 4 is 33.9 Å². The van der Waals surface area contributed by atoms with E-state index in [1.165, 1.54) is 0 Å². The van der Waals surface area contributed by atoms with E-state index in [0.717, 1.165) is 42.9 Å². The fraction of sp³-hybridized carbons (Fsp3) is 0.458. The molecule has 0 aromatic heterocycles. The second-order valence-electron chi connectivity index (χ2n) is 9.56. The first kappa shape index (κ1) is 26.9. The van der Waals surface area contributed by atoms with E-state index in [-0.39, 0.29) is 5.91 Å². The predicted molar refractivity (Wildman–Crippen MR) is 142 cm³/mol. The van der Waals surface area contributed by atoms with E-state index in [9.17, 15) is 4.79 Å². The van der Waals surface area contributed by atoms with Crippen LogP contribution in [-0.4, -0.2) is 42.4 Å². The van der Waals surface area contributed by atoms with Gasteiger partial charge in [-0.2, -0.15) is 0 Å². The van der Waals surface area contributed by atoms with Gasteiger partial charge in [0.15, 0.2) is 16.6 Å². The van der Waals surface area contributed by atoms with Gasteiger partial charge in [-0.1, -0.05) is 0 Å². The minimum absolute atomic E-state index is 0.0574. The average Bonchev–Trinajstić information content (AvgIpc) is 2.74. The van der Waals surface area contributed by atoms with Crippen LogP contribution >= 0.6 is 0 Å². The third-order valence-corrected chi connectivity index (χ3v) is 12.9. The van der Waals surface area contributed by atoms with Crippen molar-refractivity contribution in [2.24, 2.45) is 0 Å². The molecule has 1 amide bonds. The standard InChI is InChI=1S/C24H40N4O3Si2/c1-32(2,17-5-15-27-19-30-23-13-11-22(26)12-14-23)31-33(3,4)18-6-16-28-24(29)20-7-9-21(25)10-8-20/h7-14,27H,5-6,15-19,25-26H2,1-4H3,(H,28,29). The van der Waals surface area contributed by atoms with Gasteiger partial charge in [-0.3, -0.25) is 10.1 Å². The lowest BCUT2D eigenvalue weighted by molar-refractivity contribution is 0.0953. The smallest absolute Gasteiger partial charge is 0.251 e. The zero-order valence-electron chi connectivity index (χ0n) is 20.4. The van der Waals surface area contributed by atoms with Gasteiger partial charge in [0.2, 0.25) is 0 Å². The molecular formula is C24H40N4O3Si2. The molecule has 0 atom stereocenters. The zero-order chi connectivity index (χ0) is 24.3. The minimum atomic E-state index is -1.78. The van der Waals surface area contributed by atoms with E-state index in [1.807, 2.05) is 24.3 Å². The van der Waals surface area contributed by atoms with Crippen molar-refractivity contribution in [1.82, 2.24) is 10.6 Å². The lowest BCUT2D eigenvalue weighted by Crippen LogP contribution is -2.44. The van der Waals surface area contributed by atoms with E-state index >= 15 is 0 Å². The molecule has 33 heavy (non-hydrogen) atoms. The van der Waals surface area contributed by atoms with Crippen LogP contribution in [0.4, 0.5) is 11.4 Å². The van der Waals surface area contributed by atoms with Crippen LogP contribution in [0.5, 0.6) is 5.75 Å². The summed E-state index contributed by atoms with van der Waals surface area (Å²) in [5.74, 6) is 0.755. The zero-order valence-corrected chi connectivity index (χ0v) is 22.4. The lowest BCUT2D eigenvalue weighted by atomic mass is 10.2.